The van der Waals surface area contributed by atoms with Gasteiger partial charge in [0.1, 0.15) is 11.6 Å². The Bertz CT molecular complexity index is 695. The highest BCUT2D eigenvalue weighted by Gasteiger charge is 2.24. The zero-order valence-corrected chi connectivity index (χ0v) is 11.3. The van der Waals surface area contributed by atoms with Crippen molar-refractivity contribution in [1.29, 1.82) is 0 Å². The van der Waals surface area contributed by atoms with E-state index in [1.165, 1.54) is 4.90 Å². The minimum Gasteiger partial charge on any atom is -0.399 e. The molecule has 2 N–H and O–H groups in total. The Morgan fingerprint density at radius 1 is 1.10 bits per heavy atom. The van der Waals surface area contributed by atoms with E-state index in [9.17, 15) is 13.6 Å². The summed E-state index contributed by atoms with van der Waals surface area (Å²) >= 11 is 0. The normalized spacial score (nSPS) is 13.9. The second-order valence-corrected chi connectivity index (χ2v) is 5.11. The summed E-state index contributed by atoms with van der Waals surface area (Å²) < 4.78 is 26.6. The van der Waals surface area contributed by atoms with Gasteiger partial charge < -0.3 is 10.6 Å². The lowest BCUT2D eigenvalue weighted by molar-refractivity contribution is 0.0984. The molecule has 3 rings (SSSR count). The summed E-state index contributed by atoms with van der Waals surface area (Å²) in [6.07, 6.45) is 1.66. The summed E-state index contributed by atoms with van der Waals surface area (Å²) in [6.45, 7) is 0.507. The minimum absolute atomic E-state index is 0.00257. The van der Waals surface area contributed by atoms with Gasteiger partial charge >= 0.3 is 0 Å². The van der Waals surface area contributed by atoms with Gasteiger partial charge in [-0.1, -0.05) is 6.07 Å². The second kappa shape index (κ2) is 5.16. The van der Waals surface area contributed by atoms with Gasteiger partial charge in [0, 0.05) is 29.5 Å². The summed E-state index contributed by atoms with van der Waals surface area (Å²) in [6, 6.07) is 8.24. The Balaban J connectivity index is 2.01. The second-order valence-electron chi connectivity index (χ2n) is 5.11. The number of carbonyl (C=O) groups is 1. The van der Waals surface area contributed by atoms with Crippen LogP contribution in [-0.2, 0) is 6.42 Å². The van der Waals surface area contributed by atoms with Crippen molar-refractivity contribution in [2.45, 2.75) is 12.8 Å². The first-order valence-corrected chi connectivity index (χ1v) is 6.71. The van der Waals surface area contributed by atoms with Crippen LogP contribution in [0.4, 0.5) is 20.2 Å². The number of rotatable bonds is 1. The third kappa shape index (κ3) is 2.59. The molecule has 0 fully saturated rings. The van der Waals surface area contributed by atoms with Gasteiger partial charge in [-0.05, 0) is 42.7 Å². The molecular weight excluding hydrogens is 274 g/mol. The van der Waals surface area contributed by atoms with Crippen molar-refractivity contribution in [3.63, 3.8) is 0 Å². The van der Waals surface area contributed by atoms with Crippen LogP contribution in [0.1, 0.15) is 22.3 Å². The number of anilines is 2. The largest absolute Gasteiger partial charge is 0.399 e. The molecule has 0 spiro atoms. The van der Waals surface area contributed by atoms with Crippen molar-refractivity contribution < 1.29 is 13.6 Å². The SMILES string of the molecule is Nc1ccc2c(c1)N(C(=O)c1cc(F)cc(F)c1)CCC2. The Labute approximate surface area is 121 Å². The zero-order chi connectivity index (χ0) is 15.0. The molecule has 0 saturated heterocycles. The van der Waals surface area contributed by atoms with Crippen LogP contribution in [0.3, 0.4) is 0 Å². The monoisotopic (exact) mass is 288 g/mol. The summed E-state index contributed by atoms with van der Waals surface area (Å²) in [5, 5.41) is 0. The first kappa shape index (κ1) is 13.5. The smallest absolute Gasteiger partial charge is 0.258 e. The van der Waals surface area contributed by atoms with Crippen molar-refractivity contribution in [2.75, 3.05) is 17.2 Å². The molecule has 108 valence electrons. The van der Waals surface area contributed by atoms with Gasteiger partial charge in [-0.3, -0.25) is 4.79 Å². The molecule has 5 heteroatoms. The van der Waals surface area contributed by atoms with Gasteiger partial charge in [0.05, 0.1) is 0 Å². The highest BCUT2D eigenvalue weighted by molar-refractivity contribution is 6.07. The van der Waals surface area contributed by atoms with Crippen LogP contribution in [0.15, 0.2) is 36.4 Å². The maximum absolute atomic E-state index is 13.3. The van der Waals surface area contributed by atoms with Crippen molar-refractivity contribution in [3.8, 4) is 0 Å². The Kier molecular flexibility index (Phi) is 3.33. The molecule has 0 aliphatic carbocycles. The number of carbonyl (C=O) groups excluding carboxylic acids is 1. The van der Waals surface area contributed by atoms with E-state index in [-0.39, 0.29) is 5.56 Å². The standard InChI is InChI=1S/C16H14F2N2O/c17-12-6-11(7-13(18)8-12)16(21)20-5-1-2-10-3-4-14(19)9-15(10)20/h3-4,6-9H,1-2,5,19H2. The van der Waals surface area contributed by atoms with Gasteiger partial charge in [0.2, 0.25) is 0 Å². The molecule has 0 bridgehead atoms. The van der Waals surface area contributed by atoms with Crippen LogP contribution in [0.25, 0.3) is 0 Å². The fourth-order valence-electron chi connectivity index (χ4n) is 2.64. The van der Waals surface area contributed by atoms with Crippen LogP contribution in [0, 0.1) is 11.6 Å². The lowest BCUT2D eigenvalue weighted by Crippen LogP contribution is -2.35. The fraction of sp³-hybridized carbons (Fsp3) is 0.188. The molecule has 1 aliphatic heterocycles. The molecule has 0 aromatic heterocycles. The number of nitrogens with zero attached hydrogens (tertiary/aromatic N) is 1. The summed E-state index contributed by atoms with van der Waals surface area (Å²) in [5.41, 5.74) is 8.06. The zero-order valence-electron chi connectivity index (χ0n) is 11.3. The molecule has 3 nitrogen and oxygen atoms in total. The maximum atomic E-state index is 13.3. The molecule has 2 aromatic carbocycles. The molecule has 0 saturated carbocycles. The average Bonchev–Trinajstić information content (AvgIpc) is 2.44. The van der Waals surface area contributed by atoms with E-state index in [2.05, 4.69) is 0 Å². The summed E-state index contributed by atoms with van der Waals surface area (Å²) in [5.74, 6) is -1.94. The first-order valence-electron chi connectivity index (χ1n) is 6.71. The van der Waals surface area contributed by atoms with Gasteiger partial charge in [-0.25, -0.2) is 8.78 Å². The topological polar surface area (TPSA) is 46.3 Å². The van der Waals surface area contributed by atoms with Crippen LogP contribution < -0.4 is 10.6 Å². The lowest BCUT2D eigenvalue weighted by atomic mass is 10.00. The van der Waals surface area contributed by atoms with E-state index in [4.69, 9.17) is 5.73 Å². The predicted molar refractivity (Wildman–Crippen MR) is 77.2 cm³/mol. The van der Waals surface area contributed by atoms with Crippen molar-refractivity contribution in [3.05, 3.63) is 59.2 Å². The number of nitrogens with two attached hydrogens (primary N) is 1. The Hall–Kier alpha value is -2.43. The van der Waals surface area contributed by atoms with Crippen LogP contribution >= 0.6 is 0 Å². The molecule has 1 aliphatic rings. The van der Waals surface area contributed by atoms with E-state index in [0.29, 0.717) is 12.2 Å². The van der Waals surface area contributed by atoms with E-state index < -0.39 is 17.5 Å². The Morgan fingerprint density at radius 2 is 1.81 bits per heavy atom. The van der Waals surface area contributed by atoms with E-state index in [1.807, 2.05) is 6.07 Å². The third-order valence-electron chi connectivity index (χ3n) is 3.58. The number of aryl methyl sites for hydroxylation is 1. The van der Waals surface area contributed by atoms with E-state index in [1.54, 1.807) is 12.1 Å². The maximum Gasteiger partial charge on any atom is 0.258 e. The highest BCUT2D eigenvalue weighted by atomic mass is 19.1. The molecule has 1 heterocycles. The first-order chi connectivity index (χ1) is 10.0. The number of halogens is 2. The van der Waals surface area contributed by atoms with Gasteiger partial charge in [-0.2, -0.15) is 0 Å². The number of nitrogen functional groups attached to an aromatic ring is 1. The molecule has 21 heavy (non-hydrogen) atoms. The third-order valence-corrected chi connectivity index (χ3v) is 3.58. The lowest BCUT2D eigenvalue weighted by Gasteiger charge is -2.30. The van der Waals surface area contributed by atoms with Gasteiger partial charge in [-0.15, -0.1) is 0 Å². The molecular formula is C16H14F2N2O. The number of hydrogen-bond donors (Lipinski definition) is 1. The minimum atomic E-state index is -0.761. The number of fused-ring (bicyclic) bond motifs is 1. The van der Waals surface area contributed by atoms with Gasteiger partial charge in [0.15, 0.2) is 0 Å². The quantitative estimate of drug-likeness (QED) is 0.819. The van der Waals surface area contributed by atoms with E-state index >= 15 is 0 Å². The molecule has 0 radical (unpaired) electrons. The summed E-state index contributed by atoms with van der Waals surface area (Å²) in [7, 11) is 0. The summed E-state index contributed by atoms with van der Waals surface area (Å²) in [4.78, 5) is 14.1. The number of hydrogen-bond acceptors (Lipinski definition) is 2. The fourth-order valence-corrected chi connectivity index (χ4v) is 2.64. The van der Waals surface area contributed by atoms with Crippen LogP contribution in [-0.4, -0.2) is 12.5 Å². The Morgan fingerprint density at radius 3 is 2.52 bits per heavy atom. The van der Waals surface area contributed by atoms with Crippen molar-refractivity contribution in [2.24, 2.45) is 0 Å². The van der Waals surface area contributed by atoms with Crippen molar-refractivity contribution in [1.82, 2.24) is 0 Å². The van der Waals surface area contributed by atoms with E-state index in [0.717, 1.165) is 42.3 Å². The predicted octanol–water partition coefficient (Wildman–Crippen LogP) is 3.14. The molecule has 0 atom stereocenters. The number of amides is 1. The van der Waals surface area contributed by atoms with Crippen LogP contribution in [0.5, 0.6) is 0 Å². The van der Waals surface area contributed by atoms with Crippen LogP contribution in [0.2, 0.25) is 0 Å². The average molecular weight is 288 g/mol. The molecule has 0 unspecified atom stereocenters. The van der Waals surface area contributed by atoms with Crippen molar-refractivity contribution >= 4 is 17.3 Å². The molecule has 2 aromatic rings. The molecule has 1 amide bonds. The highest BCUT2D eigenvalue weighted by Crippen LogP contribution is 2.30. The van der Waals surface area contributed by atoms with Gasteiger partial charge in [0.25, 0.3) is 5.91 Å². The number of benzene rings is 2.